The number of nitrogens with zero attached hydrogens (tertiary/aromatic N) is 2. The molecule has 0 radical (unpaired) electrons. The van der Waals surface area contributed by atoms with Crippen molar-refractivity contribution < 1.29 is 4.74 Å². The molecule has 0 heterocycles. The average Bonchev–Trinajstić information content (AvgIpc) is 2.54. The molecule has 0 saturated heterocycles. The van der Waals surface area contributed by atoms with Crippen molar-refractivity contribution in [3.8, 4) is 0 Å². The molecule has 1 aliphatic carbocycles. The largest absolute Gasteiger partial charge is 0.385 e. The van der Waals surface area contributed by atoms with E-state index in [9.17, 15) is 0 Å². The Hall–Kier alpha value is -0.810. The van der Waals surface area contributed by atoms with Gasteiger partial charge in [-0.25, -0.2) is 0 Å². The topological polar surface area (TPSA) is 48.9 Å². The first-order valence-corrected chi connectivity index (χ1v) is 8.41. The summed E-state index contributed by atoms with van der Waals surface area (Å²) in [6.45, 7) is 3.82. The zero-order valence-electron chi connectivity index (χ0n) is 14.2. The van der Waals surface area contributed by atoms with Crippen molar-refractivity contribution in [1.82, 2.24) is 15.5 Å². The third-order valence-electron chi connectivity index (χ3n) is 4.22. The molecule has 1 saturated carbocycles. The van der Waals surface area contributed by atoms with Gasteiger partial charge in [0.05, 0.1) is 0 Å². The lowest BCUT2D eigenvalue weighted by Crippen LogP contribution is -2.40. The molecule has 1 fully saturated rings. The zero-order valence-corrected chi connectivity index (χ0v) is 14.2. The molecule has 0 aromatic rings. The summed E-state index contributed by atoms with van der Waals surface area (Å²) in [6.07, 6.45) is 9.17. The molecular weight excluding hydrogens is 264 g/mol. The highest BCUT2D eigenvalue weighted by Crippen LogP contribution is 2.21. The number of ether oxygens (including phenoxy) is 1. The Morgan fingerprint density at radius 2 is 1.81 bits per heavy atom. The van der Waals surface area contributed by atoms with E-state index in [0.29, 0.717) is 0 Å². The Labute approximate surface area is 130 Å². The van der Waals surface area contributed by atoms with E-state index in [1.165, 1.54) is 38.6 Å². The van der Waals surface area contributed by atoms with Gasteiger partial charge in [-0.15, -0.1) is 0 Å². The first kappa shape index (κ1) is 18.2. The van der Waals surface area contributed by atoms with Crippen LogP contribution in [0.1, 0.15) is 44.9 Å². The Kier molecular flexibility index (Phi) is 10.3. The highest BCUT2D eigenvalue weighted by atomic mass is 16.5. The van der Waals surface area contributed by atoms with Crippen LogP contribution in [-0.4, -0.2) is 64.3 Å². The number of rotatable bonds is 9. The Morgan fingerprint density at radius 1 is 1.14 bits per heavy atom. The van der Waals surface area contributed by atoms with E-state index in [2.05, 4.69) is 27.6 Å². The fourth-order valence-electron chi connectivity index (χ4n) is 2.88. The highest BCUT2D eigenvalue weighted by Gasteiger charge is 2.17. The summed E-state index contributed by atoms with van der Waals surface area (Å²) in [7, 11) is 5.82. The summed E-state index contributed by atoms with van der Waals surface area (Å²) in [4.78, 5) is 6.77. The molecule has 0 unspecified atom stereocenters. The normalized spacial score (nSPS) is 17.2. The zero-order chi connectivity index (χ0) is 15.3. The van der Waals surface area contributed by atoms with Crippen LogP contribution in [-0.2, 0) is 4.74 Å². The maximum absolute atomic E-state index is 5.03. The van der Waals surface area contributed by atoms with Gasteiger partial charge in [-0.1, -0.05) is 19.3 Å². The molecule has 124 valence electrons. The number of hydrogen-bond acceptors (Lipinski definition) is 3. The molecule has 0 bridgehead atoms. The summed E-state index contributed by atoms with van der Waals surface area (Å²) < 4.78 is 5.03. The third-order valence-corrected chi connectivity index (χ3v) is 4.22. The number of nitrogens with one attached hydrogen (secondary N) is 2. The van der Waals surface area contributed by atoms with Crippen molar-refractivity contribution in [3.63, 3.8) is 0 Å². The quantitative estimate of drug-likeness (QED) is 0.387. The van der Waals surface area contributed by atoms with Crippen LogP contribution in [0, 0.1) is 0 Å². The molecule has 21 heavy (non-hydrogen) atoms. The predicted molar refractivity (Wildman–Crippen MR) is 90.0 cm³/mol. The molecule has 0 atom stereocenters. The molecule has 5 heteroatoms. The smallest absolute Gasteiger partial charge is 0.190 e. The van der Waals surface area contributed by atoms with E-state index in [1.807, 2.05) is 7.05 Å². The van der Waals surface area contributed by atoms with Gasteiger partial charge in [-0.05, 0) is 39.3 Å². The number of aliphatic imine (C=N–C) groups is 1. The lowest BCUT2D eigenvalue weighted by Gasteiger charge is -2.31. The lowest BCUT2D eigenvalue weighted by molar-refractivity contribution is 0.190. The Balaban J connectivity index is 2.05. The van der Waals surface area contributed by atoms with Gasteiger partial charge in [-0.3, -0.25) is 4.99 Å². The van der Waals surface area contributed by atoms with Gasteiger partial charge in [0, 0.05) is 39.9 Å². The van der Waals surface area contributed by atoms with E-state index >= 15 is 0 Å². The van der Waals surface area contributed by atoms with Crippen molar-refractivity contribution in [1.29, 1.82) is 0 Å². The molecule has 1 rings (SSSR count). The molecular formula is C16H34N4O. The van der Waals surface area contributed by atoms with Crippen LogP contribution in [0.5, 0.6) is 0 Å². The second kappa shape index (κ2) is 11.8. The first-order valence-electron chi connectivity index (χ1n) is 8.41. The van der Waals surface area contributed by atoms with Crippen LogP contribution in [0.2, 0.25) is 0 Å². The summed E-state index contributed by atoms with van der Waals surface area (Å²) in [5.41, 5.74) is 0. The van der Waals surface area contributed by atoms with Crippen molar-refractivity contribution in [3.05, 3.63) is 0 Å². The SMILES string of the molecule is CN=C(NCCCOC)NCCCN(C)C1CCCCC1. The van der Waals surface area contributed by atoms with E-state index in [1.54, 1.807) is 7.11 Å². The van der Waals surface area contributed by atoms with E-state index < -0.39 is 0 Å². The maximum Gasteiger partial charge on any atom is 0.190 e. The average molecular weight is 298 g/mol. The lowest BCUT2D eigenvalue weighted by atomic mass is 9.94. The van der Waals surface area contributed by atoms with E-state index in [0.717, 1.165) is 44.5 Å². The standard InChI is InChI=1S/C16H34N4O/c1-17-16(19-12-8-14-21-3)18-11-7-13-20(2)15-9-5-4-6-10-15/h15H,4-14H2,1-3H3,(H2,17,18,19). The minimum Gasteiger partial charge on any atom is -0.385 e. The van der Waals surface area contributed by atoms with Crippen LogP contribution in [0.4, 0.5) is 0 Å². The van der Waals surface area contributed by atoms with Crippen LogP contribution >= 0.6 is 0 Å². The second-order valence-electron chi connectivity index (χ2n) is 5.90. The van der Waals surface area contributed by atoms with Crippen molar-refractivity contribution >= 4 is 5.96 Å². The minimum atomic E-state index is 0.788. The molecule has 0 aliphatic heterocycles. The maximum atomic E-state index is 5.03. The first-order chi connectivity index (χ1) is 10.3. The third kappa shape index (κ3) is 8.27. The van der Waals surface area contributed by atoms with Crippen LogP contribution < -0.4 is 10.6 Å². The Morgan fingerprint density at radius 3 is 2.43 bits per heavy atom. The molecule has 0 amide bonds. The van der Waals surface area contributed by atoms with Crippen molar-refractivity contribution in [2.24, 2.45) is 4.99 Å². The van der Waals surface area contributed by atoms with Gasteiger partial charge >= 0.3 is 0 Å². The van der Waals surface area contributed by atoms with Crippen LogP contribution in [0.15, 0.2) is 4.99 Å². The summed E-state index contributed by atoms with van der Waals surface area (Å²) in [6, 6.07) is 0.810. The monoisotopic (exact) mass is 298 g/mol. The Bertz CT molecular complexity index is 277. The summed E-state index contributed by atoms with van der Waals surface area (Å²) in [5, 5.41) is 6.68. The molecule has 0 aromatic carbocycles. The molecule has 0 aromatic heterocycles. The second-order valence-corrected chi connectivity index (χ2v) is 5.90. The fraction of sp³-hybridized carbons (Fsp3) is 0.938. The molecule has 0 spiro atoms. The summed E-state index contributed by atoms with van der Waals surface area (Å²) >= 11 is 0. The van der Waals surface area contributed by atoms with Crippen LogP contribution in [0.3, 0.4) is 0 Å². The molecule has 1 aliphatic rings. The summed E-state index contributed by atoms with van der Waals surface area (Å²) in [5.74, 6) is 0.895. The number of methoxy groups -OCH3 is 1. The van der Waals surface area contributed by atoms with E-state index in [4.69, 9.17) is 4.74 Å². The van der Waals surface area contributed by atoms with Gasteiger partial charge in [0.2, 0.25) is 0 Å². The van der Waals surface area contributed by atoms with Gasteiger partial charge in [-0.2, -0.15) is 0 Å². The molecule has 2 N–H and O–H groups in total. The van der Waals surface area contributed by atoms with Gasteiger partial charge in [0.15, 0.2) is 5.96 Å². The highest BCUT2D eigenvalue weighted by molar-refractivity contribution is 5.79. The molecule has 5 nitrogen and oxygen atoms in total. The minimum absolute atomic E-state index is 0.788. The number of hydrogen-bond donors (Lipinski definition) is 2. The van der Waals surface area contributed by atoms with Gasteiger partial charge in [0.1, 0.15) is 0 Å². The fourth-order valence-corrected chi connectivity index (χ4v) is 2.88. The van der Waals surface area contributed by atoms with Gasteiger partial charge < -0.3 is 20.3 Å². The van der Waals surface area contributed by atoms with E-state index in [-0.39, 0.29) is 0 Å². The number of guanidine groups is 1. The van der Waals surface area contributed by atoms with Crippen molar-refractivity contribution in [2.75, 3.05) is 47.4 Å². The van der Waals surface area contributed by atoms with Gasteiger partial charge in [0.25, 0.3) is 0 Å². The van der Waals surface area contributed by atoms with Crippen LogP contribution in [0.25, 0.3) is 0 Å². The van der Waals surface area contributed by atoms with Crippen molar-refractivity contribution in [2.45, 2.75) is 51.0 Å². The predicted octanol–water partition coefficient (Wildman–Crippen LogP) is 1.84.